The molecule has 21 heavy (non-hydrogen) atoms. The standard InChI is InChI=1S/C15H20N6/c1-3-21-15-7-5-4-6-11(15)13(19-21)10-14(17-16)12-8-9-20(2)18-12/h4-9,14,17H,3,10,16H2,1-2H3. The van der Waals surface area contributed by atoms with Crippen molar-refractivity contribution >= 4 is 10.9 Å². The molecule has 3 N–H and O–H groups in total. The topological polar surface area (TPSA) is 73.7 Å². The number of nitrogens with one attached hydrogen (secondary N) is 1. The van der Waals surface area contributed by atoms with Gasteiger partial charge in [0.25, 0.3) is 0 Å². The smallest absolute Gasteiger partial charge is 0.0811 e. The highest BCUT2D eigenvalue weighted by atomic mass is 15.3. The summed E-state index contributed by atoms with van der Waals surface area (Å²) in [6.07, 6.45) is 2.63. The lowest BCUT2D eigenvalue weighted by Gasteiger charge is -2.12. The minimum Gasteiger partial charge on any atom is -0.275 e. The summed E-state index contributed by atoms with van der Waals surface area (Å²) in [4.78, 5) is 0. The highest BCUT2D eigenvalue weighted by Crippen LogP contribution is 2.23. The molecule has 1 aromatic carbocycles. The van der Waals surface area contributed by atoms with Crippen molar-refractivity contribution in [2.45, 2.75) is 25.9 Å². The van der Waals surface area contributed by atoms with Gasteiger partial charge in [-0.2, -0.15) is 10.2 Å². The Hall–Kier alpha value is -2.18. The van der Waals surface area contributed by atoms with E-state index >= 15 is 0 Å². The molecule has 1 atom stereocenters. The molecule has 6 nitrogen and oxygen atoms in total. The molecule has 3 aromatic rings. The Morgan fingerprint density at radius 1 is 1.24 bits per heavy atom. The maximum atomic E-state index is 5.71. The molecule has 0 aliphatic heterocycles. The van der Waals surface area contributed by atoms with Crippen molar-refractivity contribution in [2.24, 2.45) is 12.9 Å². The minimum atomic E-state index is -0.0465. The minimum absolute atomic E-state index is 0.0465. The third-order valence-electron chi connectivity index (χ3n) is 3.72. The van der Waals surface area contributed by atoms with E-state index in [1.165, 1.54) is 5.39 Å². The Kier molecular flexibility index (Phi) is 3.72. The molecule has 0 spiro atoms. The quantitative estimate of drug-likeness (QED) is 0.550. The summed E-state index contributed by atoms with van der Waals surface area (Å²) in [5.74, 6) is 5.71. The van der Waals surface area contributed by atoms with Gasteiger partial charge in [-0.3, -0.25) is 20.6 Å². The van der Waals surface area contributed by atoms with E-state index in [0.717, 1.165) is 23.4 Å². The van der Waals surface area contributed by atoms with Crippen LogP contribution in [-0.4, -0.2) is 19.6 Å². The summed E-state index contributed by atoms with van der Waals surface area (Å²) in [6, 6.07) is 10.2. The van der Waals surface area contributed by atoms with Gasteiger partial charge >= 0.3 is 0 Å². The molecule has 6 heteroatoms. The lowest BCUT2D eigenvalue weighted by atomic mass is 10.1. The fraction of sp³-hybridized carbons (Fsp3) is 0.333. The summed E-state index contributed by atoms with van der Waals surface area (Å²) < 4.78 is 3.80. The van der Waals surface area contributed by atoms with E-state index in [2.05, 4.69) is 29.6 Å². The molecule has 0 bridgehead atoms. The molecule has 0 radical (unpaired) electrons. The van der Waals surface area contributed by atoms with Crippen LogP contribution in [0, 0.1) is 0 Å². The lowest BCUT2D eigenvalue weighted by Crippen LogP contribution is -2.30. The average molecular weight is 284 g/mol. The molecule has 1 unspecified atom stereocenters. The van der Waals surface area contributed by atoms with Gasteiger partial charge < -0.3 is 0 Å². The monoisotopic (exact) mass is 284 g/mol. The maximum absolute atomic E-state index is 5.71. The van der Waals surface area contributed by atoms with Gasteiger partial charge in [-0.05, 0) is 19.1 Å². The number of hydrogen-bond donors (Lipinski definition) is 2. The number of aromatic nitrogens is 4. The molecule has 3 rings (SSSR count). The summed E-state index contributed by atoms with van der Waals surface area (Å²) in [5.41, 5.74) is 5.97. The Labute approximate surface area is 123 Å². The lowest BCUT2D eigenvalue weighted by molar-refractivity contribution is 0.519. The Morgan fingerprint density at radius 2 is 2.05 bits per heavy atom. The number of hydrogen-bond acceptors (Lipinski definition) is 4. The fourth-order valence-corrected chi connectivity index (χ4v) is 2.65. The number of nitrogens with zero attached hydrogens (tertiary/aromatic N) is 4. The van der Waals surface area contributed by atoms with Crippen LogP contribution in [0.1, 0.15) is 24.4 Å². The van der Waals surface area contributed by atoms with Crippen LogP contribution in [0.4, 0.5) is 0 Å². The first-order valence-electron chi connectivity index (χ1n) is 7.13. The highest BCUT2D eigenvalue weighted by molar-refractivity contribution is 5.82. The largest absolute Gasteiger partial charge is 0.275 e. The van der Waals surface area contributed by atoms with Crippen molar-refractivity contribution in [1.29, 1.82) is 0 Å². The SMILES string of the molecule is CCn1nc(CC(NN)c2ccn(C)n2)c2ccccc21. The number of fused-ring (bicyclic) bond motifs is 1. The number of nitrogens with two attached hydrogens (primary N) is 1. The van der Waals surface area contributed by atoms with Gasteiger partial charge in [0.15, 0.2) is 0 Å². The summed E-state index contributed by atoms with van der Waals surface area (Å²) in [5, 5.41) is 10.3. The van der Waals surface area contributed by atoms with Gasteiger partial charge in [-0.25, -0.2) is 0 Å². The van der Waals surface area contributed by atoms with Crippen LogP contribution in [0.5, 0.6) is 0 Å². The zero-order valence-electron chi connectivity index (χ0n) is 12.3. The molecular formula is C15H20N6. The first-order valence-corrected chi connectivity index (χ1v) is 7.13. The van der Waals surface area contributed by atoms with Crippen molar-refractivity contribution in [3.63, 3.8) is 0 Å². The van der Waals surface area contributed by atoms with Crippen LogP contribution >= 0.6 is 0 Å². The Bertz CT molecular complexity index is 742. The van der Waals surface area contributed by atoms with Crippen LogP contribution in [0.15, 0.2) is 36.5 Å². The summed E-state index contributed by atoms with van der Waals surface area (Å²) in [6.45, 7) is 2.95. The van der Waals surface area contributed by atoms with Crippen LogP contribution < -0.4 is 11.3 Å². The van der Waals surface area contributed by atoms with E-state index in [1.54, 1.807) is 4.68 Å². The van der Waals surface area contributed by atoms with Gasteiger partial charge in [0, 0.05) is 31.6 Å². The molecule has 0 aliphatic carbocycles. The van der Waals surface area contributed by atoms with Crippen LogP contribution in [-0.2, 0) is 20.0 Å². The number of hydrazine groups is 1. The van der Waals surface area contributed by atoms with E-state index in [4.69, 9.17) is 10.9 Å². The third-order valence-corrected chi connectivity index (χ3v) is 3.72. The highest BCUT2D eigenvalue weighted by Gasteiger charge is 2.18. The van der Waals surface area contributed by atoms with E-state index in [0.29, 0.717) is 6.42 Å². The maximum Gasteiger partial charge on any atom is 0.0811 e. The second-order valence-electron chi connectivity index (χ2n) is 5.12. The Balaban J connectivity index is 1.97. The molecule has 0 saturated heterocycles. The van der Waals surface area contributed by atoms with Crippen molar-refractivity contribution in [3.8, 4) is 0 Å². The zero-order chi connectivity index (χ0) is 14.8. The summed E-state index contributed by atoms with van der Waals surface area (Å²) >= 11 is 0. The number of benzene rings is 1. The number of para-hydroxylation sites is 1. The van der Waals surface area contributed by atoms with Gasteiger partial charge in [0.1, 0.15) is 0 Å². The second-order valence-corrected chi connectivity index (χ2v) is 5.12. The predicted molar refractivity (Wildman–Crippen MR) is 82.4 cm³/mol. The molecule has 0 saturated carbocycles. The molecule has 0 aliphatic rings. The van der Waals surface area contributed by atoms with E-state index < -0.39 is 0 Å². The number of rotatable bonds is 5. The molecular weight excluding hydrogens is 264 g/mol. The number of aryl methyl sites for hydroxylation is 2. The van der Waals surface area contributed by atoms with Gasteiger partial charge in [-0.15, -0.1) is 0 Å². The van der Waals surface area contributed by atoms with E-state index in [1.807, 2.05) is 36.1 Å². The van der Waals surface area contributed by atoms with Crippen molar-refractivity contribution in [1.82, 2.24) is 25.0 Å². The van der Waals surface area contributed by atoms with Crippen LogP contribution in [0.3, 0.4) is 0 Å². The Morgan fingerprint density at radius 3 is 2.71 bits per heavy atom. The first kappa shape index (κ1) is 13.8. The zero-order valence-corrected chi connectivity index (χ0v) is 12.3. The van der Waals surface area contributed by atoms with E-state index in [9.17, 15) is 0 Å². The van der Waals surface area contributed by atoms with Crippen LogP contribution in [0.25, 0.3) is 10.9 Å². The van der Waals surface area contributed by atoms with Gasteiger partial charge in [0.05, 0.1) is 22.9 Å². The van der Waals surface area contributed by atoms with Crippen molar-refractivity contribution < 1.29 is 0 Å². The van der Waals surface area contributed by atoms with Gasteiger partial charge in [-0.1, -0.05) is 18.2 Å². The van der Waals surface area contributed by atoms with Crippen molar-refractivity contribution in [2.75, 3.05) is 0 Å². The molecule has 2 aromatic heterocycles. The molecule has 0 fully saturated rings. The molecule has 2 heterocycles. The molecule has 110 valence electrons. The van der Waals surface area contributed by atoms with Crippen LogP contribution in [0.2, 0.25) is 0 Å². The van der Waals surface area contributed by atoms with Crippen molar-refractivity contribution in [3.05, 3.63) is 47.9 Å². The predicted octanol–water partition coefficient (Wildman–Crippen LogP) is 1.54. The second kappa shape index (κ2) is 5.67. The first-order chi connectivity index (χ1) is 10.2. The fourth-order valence-electron chi connectivity index (χ4n) is 2.65. The van der Waals surface area contributed by atoms with E-state index in [-0.39, 0.29) is 6.04 Å². The normalized spacial score (nSPS) is 12.9. The average Bonchev–Trinajstić information content (AvgIpc) is 3.09. The molecule has 0 amide bonds. The third kappa shape index (κ3) is 2.55. The summed E-state index contributed by atoms with van der Waals surface area (Å²) in [7, 11) is 1.90. The van der Waals surface area contributed by atoms with Gasteiger partial charge in [0.2, 0.25) is 0 Å².